The summed E-state index contributed by atoms with van der Waals surface area (Å²) in [5.41, 5.74) is 5.64. The highest BCUT2D eigenvalue weighted by Crippen LogP contribution is 2.37. The van der Waals surface area contributed by atoms with Gasteiger partial charge in [-0.15, -0.1) is 0 Å². The van der Waals surface area contributed by atoms with Crippen molar-refractivity contribution in [2.45, 2.75) is 51.4 Å². The Hall–Kier alpha value is -1.10. The Morgan fingerprint density at radius 1 is 1.14 bits per heavy atom. The molecule has 5 nitrogen and oxygen atoms in total. The van der Waals surface area contributed by atoms with Gasteiger partial charge in [0.25, 0.3) is 0 Å². The average molecular weight is 296 g/mol. The summed E-state index contributed by atoms with van der Waals surface area (Å²) >= 11 is 0. The second-order valence-corrected chi connectivity index (χ2v) is 6.49. The Bertz CT molecular complexity index is 368. The topological polar surface area (TPSA) is 72.6 Å². The smallest absolute Gasteiger partial charge is 0.308 e. The number of hydrogen-bond acceptors (Lipinski definition) is 4. The van der Waals surface area contributed by atoms with Crippen molar-refractivity contribution < 1.29 is 14.3 Å². The number of hydrogen-bond donors (Lipinski definition) is 1. The maximum Gasteiger partial charge on any atom is 0.308 e. The van der Waals surface area contributed by atoms with Gasteiger partial charge in [-0.3, -0.25) is 9.59 Å². The van der Waals surface area contributed by atoms with E-state index in [2.05, 4.69) is 0 Å². The van der Waals surface area contributed by atoms with E-state index in [0.29, 0.717) is 32.5 Å². The molecule has 0 aromatic carbocycles. The largest absolute Gasteiger partial charge is 0.469 e. The molecule has 0 unspecified atom stereocenters. The van der Waals surface area contributed by atoms with Crippen LogP contribution in [0.1, 0.15) is 51.4 Å². The minimum Gasteiger partial charge on any atom is -0.469 e. The van der Waals surface area contributed by atoms with Gasteiger partial charge in [0.05, 0.1) is 18.4 Å². The number of likely N-dealkylation sites (tertiary alicyclic amines) is 1. The van der Waals surface area contributed by atoms with Crippen molar-refractivity contribution in [2.24, 2.45) is 17.1 Å². The summed E-state index contributed by atoms with van der Waals surface area (Å²) in [6, 6.07) is 0. The van der Waals surface area contributed by atoms with Gasteiger partial charge < -0.3 is 15.4 Å². The molecule has 2 rings (SSSR count). The van der Waals surface area contributed by atoms with Gasteiger partial charge >= 0.3 is 5.97 Å². The molecule has 120 valence electrons. The number of carbonyl (C=O) groups is 2. The summed E-state index contributed by atoms with van der Waals surface area (Å²) in [6.07, 6.45) is 7.86. The lowest BCUT2D eigenvalue weighted by Gasteiger charge is -2.39. The quantitative estimate of drug-likeness (QED) is 0.635. The van der Waals surface area contributed by atoms with Crippen molar-refractivity contribution in [1.29, 1.82) is 0 Å². The van der Waals surface area contributed by atoms with Gasteiger partial charge in [-0.1, -0.05) is 25.7 Å². The summed E-state index contributed by atoms with van der Waals surface area (Å²) in [7, 11) is 1.43. The van der Waals surface area contributed by atoms with Gasteiger partial charge in [-0.05, 0) is 25.7 Å². The third-order valence-electron chi connectivity index (χ3n) is 5.22. The van der Waals surface area contributed by atoms with E-state index in [0.717, 1.165) is 25.7 Å². The van der Waals surface area contributed by atoms with Crippen LogP contribution in [0.5, 0.6) is 0 Å². The van der Waals surface area contributed by atoms with Crippen molar-refractivity contribution in [3.05, 3.63) is 0 Å². The third-order valence-corrected chi connectivity index (χ3v) is 5.22. The fraction of sp³-hybridized carbons (Fsp3) is 0.875. The fourth-order valence-corrected chi connectivity index (χ4v) is 3.73. The van der Waals surface area contributed by atoms with E-state index in [9.17, 15) is 9.59 Å². The molecule has 0 atom stereocenters. The highest BCUT2D eigenvalue weighted by Gasteiger charge is 2.41. The van der Waals surface area contributed by atoms with Gasteiger partial charge in [0.15, 0.2) is 0 Å². The summed E-state index contributed by atoms with van der Waals surface area (Å²) in [5, 5.41) is 0. The van der Waals surface area contributed by atoms with E-state index in [1.807, 2.05) is 4.90 Å². The Morgan fingerprint density at radius 2 is 1.71 bits per heavy atom. The highest BCUT2D eigenvalue weighted by molar-refractivity contribution is 5.83. The van der Waals surface area contributed by atoms with Crippen molar-refractivity contribution in [2.75, 3.05) is 26.7 Å². The van der Waals surface area contributed by atoms with Crippen LogP contribution in [0, 0.1) is 11.3 Å². The molecule has 5 heteroatoms. The van der Waals surface area contributed by atoms with E-state index < -0.39 is 0 Å². The molecule has 2 aliphatic rings. The van der Waals surface area contributed by atoms with Gasteiger partial charge in [0.2, 0.25) is 5.91 Å². The van der Waals surface area contributed by atoms with Crippen LogP contribution < -0.4 is 5.73 Å². The molecule has 1 saturated heterocycles. The monoisotopic (exact) mass is 296 g/mol. The molecule has 21 heavy (non-hydrogen) atoms. The lowest BCUT2D eigenvalue weighted by molar-refractivity contribution is -0.151. The van der Waals surface area contributed by atoms with E-state index in [4.69, 9.17) is 10.5 Å². The molecule has 1 heterocycles. The van der Waals surface area contributed by atoms with Crippen LogP contribution in [0.2, 0.25) is 0 Å². The molecule has 0 bridgehead atoms. The minimum atomic E-state index is -0.353. The number of amides is 1. The number of nitrogens with zero attached hydrogens (tertiary/aromatic N) is 1. The van der Waals surface area contributed by atoms with Crippen molar-refractivity contribution in [3.63, 3.8) is 0 Å². The highest BCUT2D eigenvalue weighted by atomic mass is 16.5. The number of esters is 1. The van der Waals surface area contributed by atoms with E-state index >= 15 is 0 Å². The summed E-state index contributed by atoms with van der Waals surface area (Å²) in [5.74, 6) is 0.0160. The average Bonchev–Trinajstić information content (AvgIpc) is 2.80. The van der Waals surface area contributed by atoms with Gasteiger partial charge in [0.1, 0.15) is 0 Å². The predicted octanol–water partition coefficient (Wildman–Crippen LogP) is 1.70. The van der Waals surface area contributed by atoms with Crippen molar-refractivity contribution in [3.8, 4) is 0 Å². The van der Waals surface area contributed by atoms with Crippen LogP contribution in [-0.4, -0.2) is 43.5 Å². The zero-order valence-electron chi connectivity index (χ0n) is 13.1. The van der Waals surface area contributed by atoms with Crippen LogP contribution >= 0.6 is 0 Å². The molecule has 0 radical (unpaired) electrons. The summed E-state index contributed by atoms with van der Waals surface area (Å²) in [4.78, 5) is 26.4. The summed E-state index contributed by atoms with van der Waals surface area (Å²) < 4.78 is 4.80. The summed E-state index contributed by atoms with van der Waals surface area (Å²) in [6.45, 7) is 1.75. The van der Waals surface area contributed by atoms with E-state index in [-0.39, 0.29) is 23.2 Å². The Kier molecular flexibility index (Phi) is 5.62. The second kappa shape index (κ2) is 7.25. The first-order valence-corrected chi connectivity index (χ1v) is 8.20. The number of piperidine rings is 1. The minimum absolute atomic E-state index is 0.0537. The molecular formula is C16H28N2O3. The first-order chi connectivity index (χ1) is 10.1. The van der Waals surface area contributed by atoms with E-state index in [1.165, 1.54) is 20.0 Å². The zero-order chi connectivity index (χ0) is 15.3. The van der Waals surface area contributed by atoms with Crippen LogP contribution in [0.15, 0.2) is 0 Å². The molecule has 0 aromatic rings. The lowest BCUT2D eigenvalue weighted by Crippen LogP contribution is -2.51. The van der Waals surface area contributed by atoms with E-state index in [1.54, 1.807) is 0 Å². The van der Waals surface area contributed by atoms with Crippen LogP contribution in [0.25, 0.3) is 0 Å². The SMILES string of the molecule is COC(=O)C1CCN(C(=O)C2(CN)CCCCCC2)CC1. The van der Waals surface area contributed by atoms with Crippen molar-refractivity contribution in [1.82, 2.24) is 4.90 Å². The molecule has 0 spiro atoms. The zero-order valence-corrected chi connectivity index (χ0v) is 13.1. The van der Waals surface area contributed by atoms with Crippen LogP contribution in [0.3, 0.4) is 0 Å². The van der Waals surface area contributed by atoms with Crippen molar-refractivity contribution >= 4 is 11.9 Å². The number of ether oxygens (including phenoxy) is 1. The Morgan fingerprint density at radius 3 is 2.19 bits per heavy atom. The number of rotatable bonds is 3. The van der Waals surface area contributed by atoms with Crippen LogP contribution in [0.4, 0.5) is 0 Å². The molecule has 0 aromatic heterocycles. The molecule has 1 aliphatic heterocycles. The second-order valence-electron chi connectivity index (χ2n) is 6.49. The standard InChI is InChI=1S/C16H28N2O3/c1-21-14(19)13-6-10-18(11-7-13)15(20)16(12-17)8-4-2-3-5-9-16/h13H,2-12,17H2,1H3. The lowest BCUT2D eigenvalue weighted by atomic mass is 9.78. The predicted molar refractivity (Wildman–Crippen MR) is 80.5 cm³/mol. The molecule has 2 N–H and O–H groups in total. The number of nitrogens with two attached hydrogens (primary N) is 1. The third kappa shape index (κ3) is 3.57. The maximum atomic E-state index is 12.9. The molecular weight excluding hydrogens is 268 g/mol. The fourth-order valence-electron chi connectivity index (χ4n) is 3.73. The Balaban J connectivity index is 1.98. The molecule has 1 saturated carbocycles. The first kappa shape index (κ1) is 16.3. The van der Waals surface area contributed by atoms with Crippen LogP contribution in [-0.2, 0) is 14.3 Å². The maximum absolute atomic E-state index is 12.9. The van der Waals surface area contributed by atoms with Gasteiger partial charge in [-0.2, -0.15) is 0 Å². The molecule has 2 fully saturated rings. The van der Waals surface area contributed by atoms with Gasteiger partial charge in [-0.25, -0.2) is 0 Å². The normalized spacial score (nSPS) is 23.4. The molecule has 1 aliphatic carbocycles. The first-order valence-electron chi connectivity index (χ1n) is 8.20. The number of carbonyl (C=O) groups excluding carboxylic acids is 2. The van der Waals surface area contributed by atoms with Gasteiger partial charge in [0, 0.05) is 19.6 Å². The Labute approximate surface area is 127 Å². The molecule has 1 amide bonds. The number of methoxy groups -OCH3 is 1.